The van der Waals surface area contributed by atoms with Crippen molar-refractivity contribution in [2.45, 2.75) is 26.3 Å². The van der Waals surface area contributed by atoms with Crippen LogP contribution in [0.4, 0.5) is 5.69 Å². The highest BCUT2D eigenvalue weighted by Crippen LogP contribution is 2.13. The van der Waals surface area contributed by atoms with Crippen molar-refractivity contribution < 1.29 is 22.7 Å². The number of carbonyl (C=O) groups is 2. The van der Waals surface area contributed by atoms with Crippen LogP contribution < -0.4 is 10.0 Å². The summed E-state index contributed by atoms with van der Waals surface area (Å²) < 4.78 is 29.5. The van der Waals surface area contributed by atoms with Gasteiger partial charge < -0.3 is 10.1 Å². The Labute approximate surface area is 136 Å². The molecule has 0 aromatic heterocycles. The Morgan fingerprint density at radius 2 is 1.91 bits per heavy atom. The van der Waals surface area contributed by atoms with Gasteiger partial charge in [-0.1, -0.05) is 19.9 Å². The van der Waals surface area contributed by atoms with Gasteiger partial charge in [-0.05, 0) is 30.5 Å². The number of hydrogen-bond acceptors (Lipinski definition) is 5. The Balaban J connectivity index is 2.91. The van der Waals surface area contributed by atoms with E-state index in [0.29, 0.717) is 6.42 Å². The maximum Gasteiger partial charge on any atom is 0.328 e. The average Bonchev–Trinajstić information content (AvgIpc) is 2.43. The Hall–Kier alpha value is -2.09. The van der Waals surface area contributed by atoms with Crippen molar-refractivity contribution in [1.82, 2.24) is 5.32 Å². The number of sulfonamides is 1. The normalized spacial score (nSPS) is 12.6. The van der Waals surface area contributed by atoms with Gasteiger partial charge in [0.15, 0.2) is 0 Å². The van der Waals surface area contributed by atoms with Gasteiger partial charge in [-0.25, -0.2) is 13.2 Å². The minimum Gasteiger partial charge on any atom is -0.467 e. The van der Waals surface area contributed by atoms with Gasteiger partial charge in [0.1, 0.15) is 6.04 Å². The fraction of sp³-hybridized carbons (Fsp3) is 0.467. The molecule has 0 aliphatic rings. The van der Waals surface area contributed by atoms with Crippen LogP contribution in [0.25, 0.3) is 0 Å². The molecule has 0 radical (unpaired) electrons. The number of ether oxygens (including phenoxy) is 1. The van der Waals surface area contributed by atoms with Crippen LogP contribution in [0.1, 0.15) is 30.6 Å². The minimum atomic E-state index is -3.43. The summed E-state index contributed by atoms with van der Waals surface area (Å²) in [5, 5.41) is 2.61. The van der Waals surface area contributed by atoms with Crippen molar-refractivity contribution >= 4 is 27.6 Å². The Morgan fingerprint density at radius 1 is 1.26 bits per heavy atom. The first kappa shape index (κ1) is 19.0. The highest BCUT2D eigenvalue weighted by molar-refractivity contribution is 7.92. The molecular formula is C15H22N2O5S. The third-order valence-electron chi connectivity index (χ3n) is 2.93. The zero-order chi connectivity index (χ0) is 17.6. The van der Waals surface area contributed by atoms with Crippen LogP contribution in [-0.2, 0) is 19.6 Å². The third-order valence-corrected chi connectivity index (χ3v) is 3.53. The molecule has 0 fully saturated rings. The maximum atomic E-state index is 12.3. The topological polar surface area (TPSA) is 102 Å². The van der Waals surface area contributed by atoms with E-state index < -0.39 is 27.9 Å². The van der Waals surface area contributed by atoms with E-state index >= 15 is 0 Å². The van der Waals surface area contributed by atoms with E-state index in [1.807, 2.05) is 13.8 Å². The van der Waals surface area contributed by atoms with Crippen LogP contribution >= 0.6 is 0 Å². The largest absolute Gasteiger partial charge is 0.467 e. The van der Waals surface area contributed by atoms with Gasteiger partial charge in [0, 0.05) is 11.3 Å². The second kappa shape index (κ2) is 7.96. The van der Waals surface area contributed by atoms with Crippen LogP contribution in [0.15, 0.2) is 24.3 Å². The van der Waals surface area contributed by atoms with E-state index in [9.17, 15) is 18.0 Å². The smallest absolute Gasteiger partial charge is 0.328 e. The predicted octanol–water partition coefficient (Wildman–Crippen LogP) is 1.38. The predicted molar refractivity (Wildman–Crippen MR) is 87.6 cm³/mol. The van der Waals surface area contributed by atoms with Crippen LogP contribution in [0.5, 0.6) is 0 Å². The lowest BCUT2D eigenvalue weighted by Gasteiger charge is -2.18. The van der Waals surface area contributed by atoms with Gasteiger partial charge in [0.25, 0.3) is 5.91 Å². The summed E-state index contributed by atoms with van der Waals surface area (Å²) in [7, 11) is -2.17. The zero-order valence-corrected chi connectivity index (χ0v) is 14.4. The monoisotopic (exact) mass is 342 g/mol. The molecule has 0 spiro atoms. The summed E-state index contributed by atoms with van der Waals surface area (Å²) in [6.07, 6.45) is 1.47. The van der Waals surface area contributed by atoms with Crippen LogP contribution in [0, 0.1) is 5.92 Å². The number of amides is 1. The first-order valence-electron chi connectivity index (χ1n) is 7.09. The van der Waals surface area contributed by atoms with E-state index in [1.165, 1.54) is 25.3 Å². The number of anilines is 1. The van der Waals surface area contributed by atoms with E-state index in [4.69, 9.17) is 4.74 Å². The summed E-state index contributed by atoms with van der Waals surface area (Å²) in [4.78, 5) is 24.0. The second-order valence-electron chi connectivity index (χ2n) is 5.63. The molecule has 23 heavy (non-hydrogen) atoms. The summed E-state index contributed by atoms with van der Waals surface area (Å²) in [6.45, 7) is 3.86. The van der Waals surface area contributed by atoms with E-state index in [0.717, 1.165) is 6.26 Å². The lowest BCUT2D eigenvalue weighted by molar-refractivity contribution is -0.143. The Bertz CT molecular complexity index is 670. The maximum absolute atomic E-state index is 12.3. The number of methoxy groups -OCH3 is 1. The van der Waals surface area contributed by atoms with E-state index in [-0.39, 0.29) is 17.2 Å². The highest BCUT2D eigenvalue weighted by Gasteiger charge is 2.23. The van der Waals surface area contributed by atoms with E-state index in [2.05, 4.69) is 10.0 Å². The van der Waals surface area contributed by atoms with Gasteiger partial charge in [-0.15, -0.1) is 0 Å². The van der Waals surface area contributed by atoms with Crippen molar-refractivity contribution in [3.8, 4) is 0 Å². The third kappa shape index (κ3) is 6.68. The molecule has 1 rings (SSSR count). The molecule has 0 aliphatic carbocycles. The summed E-state index contributed by atoms with van der Waals surface area (Å²) >= 11 is 0. The first-order chi connectivity index (χ1) is 10.6. The molecule has 128 valence electrons. The molecule has 7 nitrogen and oxygen atoms in total. The molecule has 2 N–H and O–H groups in total. The number of esters is 1. The van der Waals surface area contributed by atoms with Crippen molar-refractivity contribution in [1.29, 1.82) is 0 Å². The standard InChI is InChI=1S/C15H22N2O5S/c1-10(2)8-13(15(19)22-3)16-14(18)11-6-5-7-12(9-11)17-23(4,20)21/h5-7,9-10,13,17H,8H2,1-4H3,(H,16,18)/t13-/m1/s1. The molecule has 0 unspecified atom stereocenters. The number of rotatable bonds is 7. The van der Waals surface area contributed by atoms with Gasteiger partial charge in [-0.2, -0.15) is 0 Å². The van der Waals surface area contributed by atoms with Gasteiger partial charge in [-0.3, -0.25) is 9.52 Å². The fourth-order valence-electron chi connectivity index (χ4n) is 2.01. The van der Waals surface area contributed by atoms with Crippen LogP contribution in [-0.4, -0.2) is 39.7 Å². The molecular weight excluding hydrogens is 320 g/mol. The van der Waals surface area contributed by atoms with Crippen molar-refractivity contribution in [2.75, 3.05) is 18.1 Å². The number of benzene rings is 1. The highest BCUT2D eigenvalue weighted by atomic mass is 32.2. The fourth-order valence-corrected chi connectivity index (χ4v) is 2.56. The SMILES string of the molecule is COC(=O)[C@@H](CC(C)C)NC(=O)c1cccc(NS(C)(=O)=O)c1. The molecule has 1 aromatic rings. The lowest BCUT2D eigenvalue weighted by Crippen LogP contribution is -2.42. The Morgan fingerprint density at radius 3 is 2.43 bits per heavy atom. The molecule has 1 amide bonds. The van der Waals surface area contributed by atoms with Crippen molar-refractivity contribution in [2.24, 2.45) is 5.92 Å². The Kier molecular flexibility index (Phi) is 6.56. The molecule has 0 aliphatic heterocycles. The molecule has 0 saturated carbocycles. The average molecular weight is 342 g/mol. The molecule has 1 aromatic carbocycles. The van der Waals surface area contributed by atoms with Gasteiger partial charge >= 0.3 is 5.97 Å². The molecule has 0 bridgehead atoms. The van der Waals surface area contributed by atoms with Crippen LogP contribution in [0.2, 0.25) is 0 Å². The number of hydrogen-bond donors (Lipinski definition) is 2. The first-order valence-corrected chi connectivity index (χ1v) is 8.98. The quantitative estimate of drug-likeness (QED) is 0.729. The molecule has 1 atom stereocenters. The minimum absolute atomic E-state index is 0.192. The van der Waals surface area contributed by atoms with Crippen LogP contribution in [0.3, 0.4) is 0 Å². The summed E-state index contributed by atoms with van der Waals surface area (Å²) in [5.74, 6) is -0.798. The molecule has 0 saturated heterocycles. The zero-order valence-electron chi connectivity index (χ0n) is 13.6. The second-order valence-corrected chi connectivity index (χ2v) is 7.38. The number of nitrogens with one attached hydrogen (secondary N) is 2. The molecule has 8 heteroatoms. The van der Waals surface area contributed by atoms with Gasteiger partial charge in [0.05, 0.1) is 13.4 Å². The van der Waals surface area contributed by atoms with Crippen molar-refractivity contribution in [3.05, 3.63) is 29.8 Å². The van der Waals surface area contributed by atoms with E-state index in [1.54, 1.807) is 6.07 Å². The van der Waals surface area contributed by atoms with Crippen molar-refractivity contribution in [3.63, 3.8) is 0 Å². The summed E-state index contributed by atoms with van der Waals surface area (Å²) in [6, 6.07) is 5.27. The van der Waals surface area contributed by atoms with Gasteiger partial charge in [0.2, 0.25) is 10.0 Å². The summed E-state index contributed by atoms with van der Waals surface area (Å²) in [5.41, 5.74) is 0.523. The number of carbonyl (C=O) groups excluding carboxylic acids is 2. The molecule has 0 heterocycles. The lowest BCUT2D eigenvalue weighted by atomic mass is 10.0.